The number of carbonyl (C=O) groups is 4. The van der Waals surface area contributed by atoms with Gasteiger partial charge in [-0.3, -0.25) is 28.9 Å². The SMILES string of the molecule is COc1ccc2c(O[C@@H]3C[C@H]4C(=O)C[C@]5(C(=O)NS(=O)(=O)C6CC6)C[C@H]5/C=C\CC[C@@H](C)C[C@@H](C)[C@H](CC(=O)OC(C)C)C(=O)N4C3)nc(-c3ccc(OC(C)C)cn3)cc2c1. The molecule has 7 rings (SSSR count). The summed E-state index contributed by atoms with van der Waals surface area (Å²) in [5.41, 5.74) is -0.193. The molecule has 15 heteroatoms. The Morgan fingerprint density at radius 3 is 2.40 bits per heavy atom. The maximum absolute atomic E-state index is 15.0. The summed E-state index contributed by atoms with van der Waals surface area (Å²) < 4.78 is 52.0. The molecule has 7 atom stereocenters. The van der Waals surface area contributed by atoms with Crippen molar-refractivity contribution in [3.05, 3.63) is 54.7 Å². The molecule has 1 saturated heterocycles. The molecule has 0 radical (unpaired) electrons. The average molecular weight is 873 g/mol. The third kappa shape index (κ3) is 10.2. The molecule has 2 aliphatic heterocycles. The highest BCUT2D eigenvalue weighted by atomic mass is 32.2. The van der Waals surface area contributed by atoms with Crippen molar-refractivity contribution in [3.63, 3.8) is 0 Å². The van der Waals surface area contributed by atoms with E-state index >= 15 is 4.79 Å². The number of fused-ring (bicyclic) bond motifs is 3. The van der Waals surface area contributed by atoms with E-state index in [9.17, 15) is 22.8 Å². The molecule has 3 aromatic rings. The van der Waals surface area contributed by atoms with Crippen molar-refractivity contribution in [2.75, 3.05) is 13.7 Å². The van der Waals surface area contributed by atoms with Crippen LogP contribution in [0.2, 0.25) is 0 Å². The number of hydrogen-bond donors (Lipinski definition) is 1. The Balaban J connectivity index is 1.25. The second kappa shape index (κ2) is 18.4. The number of amides is 2. The van der Waals surface area contributed by atoms with Crippen LogP contribution in [0.1, 0.15) is 99.3 Å². The lowest BCUT2D eigenvalue weighted by Gasteiger charge is -2.32. The maximum atomic E-state index is 15.0. The molecule has 1 aromatic carbocycles. The second-order valence-electron chi connectivity index (χ2n) is 18.4. The highest BCUT2D eigenvalue weighted by molar-refractivity contribution is 7.90. The summed E-state index contributed by atoms with van der Waals surface area (Å²) >= 11 is 0. The number of Topliss-reactive ketones (excluding diaryl/α,β-unsaturated/α-hetero) is 1. The van der Waals surface area contributed by atoms with Gasteiger partial charge in [0.1, 0.15) is 17.6 Å². The van der Waals surface area contributed by atoms with Crippen molar-refractivity contribution in [2.45, 2.75) is 129 Å². The molecule has 14 nitrogen and oxygen atoms in total. The van der Waals surface area contributed by atoms with Gasteiger partial charge in [0.05, 0.1) is 72.5 Å². The monoisotopic (exact) mass is 872 g/mol. The van der Waals surface area contributed by atoms with Crippen molar-refractivity contribution in [1.29, 1.82) is 0 Å². The van der Waals surface area contributed by atoms with Gasteiger partial charge < -0.3 is 23.8 Å². The fourth-order valence-electron chi connectivity index (χ4n) is 9.06. The first kappa shape index (κ1) is 45.0. The van der Waals surface area contributed by atoms with Gasteiger partial charge in [0, 0.05) is 18.2 Å². The van der Waals surface area contributed by atoms with E-state index in [4.69, 9.17) is 23.9 Å². The number of sulfonamides is 1. The molecule has 4 aliphatic rings. The van der Waals surface area contributed by atoms with Gasteiger partial charge in [-0.2, -0.15) is 0 Å². The van der Waals surface area contributed by atoms with Crippen LogP contribution >= 0.6 is 0 Å². The molecule has 334 valence electrons. The zero-order chi connectivity index (χ0) is 44.5. The van der Waals surface area contributed by atoms with Crippen molar-refractivity contribution in [1.82, 2.24) is 19.6 Å². The molecule has 2 amide bonds. The van der Waals surface area contributed by atoms with Gasteiger partial charge >= 0.3 is 5.97 Å². The van der Waals surface area contributed by atoms with Gasteiger partial charge in [-0.1, -0.05) is 26.0 Å². The number of aromatic nitrogens is 2. The first-order valence-corrected chi connectivity index (χ1v) is 23.5. The molecule has 0 spiro atoms. The summed E-state index contributed by atoms with van der Waals surface area (Å²) in [6.45, 7) is 11.5. The van der Waals surface area contributed by atoms with Crippen LogP contribution in [0.15, 0.2) is 54.7 Å². The van der Waals surface area contributed by atoms with Crippen LogP contribution in [0.3, 0.4) is 0 Å². The number of esters is 1. The molecule has 2 aliphatic carbocycles. The summed E-state index contributed by atoms with van der Waals surface area (Å²) in [5, 5.41) is 0.825. The Bertz CT molecular complexity index is 2310. The summed E-state index contributed by atoms with van der Waals surface area (Å²) in [6.07, 6.45) is 7.57. The third-order valence-corrected chi connectivity index (χ3v) is 14.4. The highest BCUT2D eigenvalue weighted by Gasteiger charge is 2.61. The van der Waals surface area contributed by atoms with Crippen LogP contribution in [-0.2, 0) is 33.9 Å². The number of carbonyl (C=O) groups excluding carboxylic acids is 4. The van der Waals surface area contributed by atoms with Gasteiger partial charge in [-0.05, 0) is 126 Å². The Morgan fingerprint density at radius 2 is 1.73 bits per heavy atom. The zero-order valence-corrected chi connectivity index (χ0v) is 37.6. The quantitative estimate of drug-likeness (QED) is 0.146. The number of pyridine rings is 2. The Kier molecular flexibility index (Phi) is 13.3. The Labute approximate surface area is 364 Å². The minimum absolute atomic E-state index is 0.00880. The predicted octanol–water partition coefficient (Wildman–Crippen LogP) is 6.99. The van der Waals surface area contributed by atoms with Gasteiger partial charge in [-0.15, -0.1) is 0 Å². The molecule has 0 unspecified atom stereocenters. The van der Waals surface area contributed by atoms with Crippen LogP contribution in [0.4, 0.5) is 0 Å². The molecule has 2 saturated carbocycles. The van der Waals surface area contributed by atoms with Crippen molar-refractivity contribution in [2.24, 2.45) is 29.1 Å². The van der Waals surface area contributed by atoms with Gasteiger partial charge in [-0.25, -0.2) is 13.4 Å². The van der Waals surface area contributed by atoms with E-state index in [-0.39, 0.29) is 73.3 Å². The fourth-order valence-corrected chi connectivity index (χ4v) is 10.4. The molecular weight excluding hydrogens is 813 g/mol. The topological polar surface area (TPSA) is 180 Å². The lowest BCUT2D eigenvalue weighted by Crippen LogP contribution is -2.47. The smallest absolute Gasteiger partial charge is 0.306 e. The normalized spacial score (nSPS) is 27.5. The molecule has 3 fully saturated rings. The van der Waals surface area contributed by atoms with Crippen LogP contribution in [-0.4, -0.2) is 90.1 Å². The lowest BCUT2D eigenvalue weighted by molar-refractivity contribution is -0.154. The standard InChI is InChI=1S/C47H60N4O10S/c1-27(2)59-34-13-17-39(48-25-34)40-20-31-19-33(58-7)12-16-37(31)44(49-40)61-35-21-41-42(52)24-47(46(55)50-62(56,57)36-14-15-36)23-32(47)11-9-8-10-29(5)18-30(6)38(45(54)51(41)26-35)22-43(53)60-28(3)4/h9,11-13,16-17,19-20,25,27-30,32,35-36,38,41H,8,10,14-15,18,21-24,26H2,1-7H3,(H,50,55)/b11-9-/t29-,30-,32-,35-,38+,41+,47-/m1/s1. The van der Waals surface area contributed by atoms with Crippen LogP contribution in [0.25, 0.3) is 22.2 Å². The first-order chi connectivity index (χ1) is 29.5. The number of ether oxygens (including phenoxy) is 4. The van der Waals surface area contributed by atoms with E-state index in [2.05, 4.69) is 16.6 Å². The molecule has 2 aromatic heterocycles. The second-order valence-corrected chi connectivity index (χ2v) is 20.3. The number of nitrogens with one attached hydrogen (secondary N) is 1. The first-order valence-electron chi connectivity index (χ1n) is 22.0. The largest absolute Gasteiger partial charge is 0.497 e. The zero-order valence-electron chi connectivity index (χ0n) is 36.8. The minimum atomic E-state index is -3.88. The molecule has 0 bridgehead atoms. The van der Waals surface area contributed by atoms with E-state index in [0.29, 0.717) is 60.4 Å². The summed E-state index contributed by atoms with van der Waals surface area (Å²) in [4.78, 5) is 68.2. The Hall–Kier alpha value is -5.05. The predicted molar refractivity (Wildman–Crippen MR) is 233 cm³/mol. The van der Waals surface area contributed by atoms with Crippen LogP contribution in [0, 0.1) is 29.1 Å². The van der Waals surface area contributed by atoms with E-state index in [1.165, 1.54) is 4.90 Å². The number of nitrogens with zero attached hydrogens (tertiary/aromatic N) is 3. The minimum Gasteiger partial charge on any atom is -0.497 e. The lowest BCUT2D eigenvalue weighted by atomic mass is 9.82. The summed E-state index contributed by atoms with van der Waals surface area (Å²) in [6, 6.07) is 10.0. The van der Waals surface area contributed by atoms with Gasteiger partial charge in [0.2, 0.25) is 27.7 Å². The van der Waals surface area contributed by atoms with E-state index < -0.39 is 50.6 Å². The van der Waals surface area contributed by atoms with E-state index in [1.54, 1.807) is 33.2 Å². The Morgan fingerprint density at radius 1 is 0.968 bits per heavy atom. The van der Waals surface area contributed by atoms with E-state index in [1.807, 2.05) is 63.3 Å². The molecule has 4 heterocycles. The van der Waals surface area contributed by atoms with Crippen molar-refractivity contribution >= 4 is 44.4 Å². The number of methoxy groups -OCH3 is 1. The summed E-state index contributed by atoms with van der Waals surface area (Å²) in [5.74, 6) is -1.59. The fraction of sp³-hybridized carbons (Fsp3) is 0.574. The number of ketones is 1. The molecule has 62 heavy (non-hydrogen) atoms. The number of hydrogen-bond acceptors (Lipinski definition) is 12. The number of rotatable bonds is 12. The number of benzene rings is 1. The van der Waals surface area contributed by atoms with Crippen LogP contribution < -0.4 is 18.9 Å². The average Bonchev–Trinajstić information content (AvgIpc) is 4.14. The van der Waals surface area contributed by atoms with Crippen molar-refractivity contribution in [3.8, 4) is 28.8 Å². The van der Waals surface area contributed by atoms with Crippen LogP contribution in [0.5, 0.6) is 17.4 Å². The number of allylic oxidation sites excluding steroid dienone is 2. The van der Waals surface area contributed by atoms with E-state index in [0.717, 1.165) is 11.8 Å². The highest BCUT2D eigenvalue weighted by Crippen LogP contribution is 2.57. The molecule has 1 N–H and O–H groups in total. The summed E-state index contributed by atoms with van der Waals surface area (Å²) in [7, 11) is -2.30. The molecular formula is C47H60N4O10S. The third-order valence-electron chi connectivity index (χ3n) is 12.6. The van der Waals surface area contributed by atoms with Gasteiger partial charge in [0.15, 0.2) is 5.78 Å². The maximum Gasteiger partial charge on any atom is 0.306 e. The van der Waals surface area contributed by atoms with Gasteiger partial charge in [0.25, 0.3) is 0 Å². The van der Waals surface area contributed by atoms with Crippen molar-refractivity contribution < 1.29 is 46.5 Å².